The van der Waals surface area contributed by atoms with E-state index < -0.39 is 5.97 Å². The lowest BCUT2D eigenvalue weighted by molar-refractivity contribution is 0.0520. The number of carbonyl (C=O) groups excluding carboxylic acids is 2. The minimum Gasteiger partial charge on any atom is -0.461 e. The summed E-state index contributed by atoms with van der Waals surface area (Å²) in [7, 11) is 0. The van der Waals surface area contributed by atoms with Crippen LogP contribution in [0.1, 0.15) is 72.5 Å². The van der Waals surface area contributed by atoms with Crippen molar-refractivity contribution >= 4 is 23.2 Å². The molecule has 6 heteroatoms. The number of esters is 1. The van der Waals surface area contributed by atoms with E-state index in [9.17, 15) is 9.59 Å². The van der Waals surface area contributed by atoms with E-state index in [1.54, 1.807) is 17.2 Å². The first kappa shape index (κ1) is 21.1. The van der Waals surface area contributed by atoms with Crippen molar-refractivity contribution in [3.8, 4) is 0 Å². The van der Waals surface area contributed by atoms with Gasteiger partial charge in [0, 0.05) is 17.5 Å². The van der Waals surface area contributed by atoms with Crippen molar-refractivity contribution in [2.45, 2.75) is 53.0 Å². The average Bonchev–Trinajstić information content (AvgIpc) is 3.09. The summed E-state index contributed by atoms with van der Waals surface area (Å²) in [5, 5.41) is 2.41. The fourth-order valence-corrected chi connectivity index (χ4v) is 3.44. The maximum absolute atomic E-state index is 13.0. The molecule has 1 aromatic carbocycles. The molecule has 0 radical (unpaired) electrons. The molecule has 0 saturated heterocycles. The molecule has 1 heterocycles. The Bertz CT molecular complexity index is 775. The molecule has 0 saturated carbocycles. The van der Waals surface area contributed by atoms with E-state index in [4.69, 9.17) is 4.74 Å². The monoisotopic (exact) mass is 388 g/mol. The highest BCUT2D eigenvalue weighted by Crippen LogP contribution is 2.23. The summed E-state index contributed by atoms with van der Waals surface area (Å²) in [4.78, 5) is 30.8. The molecule has 0 unspecified atom stereocenters. The molecule has 0 atom stereocenters. The van der Waals surface area contributed by atoms with Gasteiger partial charge in [0.2, 0.25) is 0 Å². The van der Waals surface area contributed by atoms with Crippen LogP contribution in [0.15, 0.2) is 29.6 Å². The average molecular weight is 389 g/mol. The van der Waals surface area contributed by atoms with Crippen LogP contribution in [0.4, 0.5) is 0 Å². The molecule has 146 valence electrons. The third-order valence-corrected chi connectivity index (χ3v) is 4.97. The molecular formula is C21H28N2O3S. The van der Waals surface area contributed by atoms with Crippen LogP contribution in [0, 0.1) is 0 Å². The van der Waals surface area contributed by atoms with Gasteiger partial charge >= 0.3 is 5.97 Å². The smallest absolute Gasteiger partial charge is 0.357 e. The Morgan fingerprint density at radius 2 is 1.81 bits per heavy atom. The maximum atomic E-state index is 13.0. The first-order chi connectivity index (χ1) is 12.8. The summed E-state index contributed by atoms with van der Waals surface area (Å²) in [5.74, 6) is -0.448. The number of carbonyl (C=O) groups is 2. The highest BCUT2D eigenvalue weighted by molar-refractivity contribution is 7.09. The van der Waals surface area contributed by atoms with Gasteiger partial charge in [0.1, 0.15) is 5.01 Å². The lowest BCUT2D eigenvalue weighted by Gasteiger charge is -2.22. The number of amides is 1. The van der Waals surface area contributed by atoms with Gasteiger partial charge < -0.3 is 9.64 Å². The van der Waals surface area contributed by atoms with Crippen LogP contribution in [0.25, 0.3) is 0 Å². The zero-order valence-corrected chi connectivity index (χ0v) is 17.6. The summed E-state index contributed by atoms with van der Waals surface area (Å²) in [6.07, 6.45) is 0.849. The number of thiazole rings is 1. The fourth-order valence-electron chi connectivity index (χ4n) is 2.66. The third-order valence-electron chi connectivity index (χ3n) is 4.14. The minimum atomic E-state index is -0.425. The molecule has 0 fully saturated rings. The predicted molar refractivity (Wildman–Crippen MR) is 108 cm³/mol. The molecule has 0 aliphatic rings. The van der Waals surface area contributed by atoms with E-state index >= 15 is 0 Å². The number of hydrogen-bond donors (Lipinski definition) is 0. The van der Waals surface area contributed by atoms with Gasteiger partial charge in [0.25, 0.3) is 5.91 Å². The zero-order chi connectivity index (χ0) is 20.0. The summed E-state index contributed by atoms with van der Waals surface area (Å²) in [6, 6.07) is 7.80. The topological polar surface area (TPSA) is 59.5 Å². The normalized spacial score (nSPS) is 11.3. The van der Waals surface area contributed by atoms with Crippen molar-refractivity contribution in [2.24, 2.45) is 0 Å². The lowest BCUT2D eigenvalue weighted by atomic mass is 9.86. The Hall–Kier alpha value is -2.21. The summed E-state index contributed by atoms with van der Waals surface area (Å²) >= 11 is 1.37. The Morgan fingerprint density at radius 1 is 1.15 bits per heavy atom. The van der Waals surface area contributed by atoms with Crippen LogP contribution in [0.5, 0.6) is 0 Å². The number of aromatic nitrogens is 1. The second kappa shape index (κ2) is 9.13. The van der Waals surface area contributed by atoms with Gasteiger partial charge in [0.05, 0.1) is 13.2 Å². The molecule has 0 spiro atoms. The zero-order valence-electron chi connectivity index (χ0n) is 16.7. The van der Waals surface area contributed by atoms with Gasteiger partial charge in [-0.25, -0.2) is 9.78 Å². The molecule has 5 nitrogen and oxygen atoms in total. The fraction of sp³-hybridized carbons (Fsp3) is 0.476. The lowest BCUT2D eigenvalue weighted by Crippen LogP contribution is -2.31. The van der Waals surface area contributed by atoms with Gasteiger partial charge in [0.15, 0.2) is 5.69 Å². The van der Waals surface area contributed by atoms with Gasteiger partial charge in [-0.2, -0.15) is 0 Å². The van der Waals surface area contributed by atoms with Crippen molar-refractivity contribution in [2.75, 3.05) is 13.2 Å². The molecule has 0 aliphatic carbocycles. The van der Waals surface area contributed by atoms with Crippen molar-refractivity contribution in [1.82, 2.24) is 9.88 Å². The van der Waals surface area contributed by atoms with Crippen molar-refractivity contribution in [3.05, 3.63) is 51.5 Å². The Kier molecular flexibility index (Phi) is 7.13. The van der Waals surface area contributed by atoms with Gasteiger partial charge in [-0.3, -0.25) is 4.79 Å². The molecule has 2 rings (SSSR count). The van der Waals surface area contributed by atoms with E-state index in [1.165, 1.54) is 16.9 Å². The van der Waals surface area contributed by atoms with E-state index in [2.05, 4.69) is 25.8 Å². The maximum Gasteiger partial charge on any atom is 0.357 e. The van der Waals surface area contributed by atoms with E-state index in [0.717, 1.165) is 11.4 Å². The predicted octanol–water partition coefficient (Wildman–Crippen LogP) is 4.67. The SMILES string of the molecule is CCCN(Cc1nc(C(=O)OCC)cs1)C(=O)c1ccc(C(C)(C)C)cc1. The molecule has 0 bridgehead atoms. The number of ether oxygens (including phenoxy) is 1. The number of benzene rings is 1. The van der Waals surface area contributed by atoms with Crippen molar-refractivity contribution in [3.63, 3.8) is 0 Å². The van der Waals surface area contributed by atoms with Crippen LogP contribution in [0.2, 0.25) is 0 Å². The second-order valence-corrected chi connectivity index (χ2v) is 8.34. The summed E-state index contributed by atoms with van der Waals surface area (Å²) < 4.78 is 4.97. The van der Waals surface area contributed by atoms with Crippen LogP contribution in [-0.4, -0.2) is 34.9 Å². The first-order valence-corrected chi connectivity index (χ1v) is 10.2. The molecule has 0 aliphatic heterocycles. The first-order valence-electron chi connectivity index (χ1n) is 9.27. The van der Waals surface area contributed by atoms with Crippen molar-refractivity contribution < 1.29 is 14.3 Å². The Balaban J connectivity index is 2.14. The standard InChI is InChI=1S/C21H28N2O3S/c1-6-12-23(13-18-22-17(14-27-18)20(25)26-7-2)19(24)15-8-10-16(11-9-15)21(3,4)5/h8-11,14H,6-7,12-13H2,1-5H3. The molecule has 0 N–H and O–H groups in total. The Labute approximate surface area is 165 Å². The number of rotatable bonds is 7. The van der Waals surface area contributed by atoms with Gasteiger partial charge in [-0.05, 0) is 36.5 Å². The van der Waals surface area contributed by atoms with Crippen LogP contribution in [-0.2, 0) is 16.7 Å². The quantitative estimate of drug-likeness (QED) is 0.647. The van der Waals surface area contributed by atoms with Crippen LogP contribution in [0.3, 0.4) is 0 Å². The second-order valence-electron chi connectivity index (χ2n) is 7.40. The number of nitrogens with zero attached hydrogens (tertiary/aromatic N) is 2. The minimum absolute atomic E-state index is 0.0230. The van der Waals surface area contributed by atoms with E-state index in [-0.39, 0.29) is 11.3 Å². The van der Waals surface area contributed by atoms with Crippen LogP contribution >= 0.6 is 11.3 Å². The number of hydrogen-bond acceptors (Lipinski definition) is 5. The Morgan fingerprint density at radius 3 is 2.37 bits per heavy atom. The van der Waals surface area contributed by atoms with Crippen molar-refractivity contribution in [1.29, 1.82) is 0 Å². The largest absolute Gasteiger partial charge is 0.461 e. The van der Waals surface area contributed by atoms with Gasteiger partial charge in [-0.15, -0.1) is 11.3 Å². The third kappa shape index (κ3) is 5.63. The molecule has 1 amide bonds. The molecule has 2 aromatic rings. The molecule has 1 aromatic heterocycles. The van der Waals surface area contributed by atoms with Gasteiger partial charge in [-0.1, -0.05) is 39.8 Å². The highest BCUT2D eigenvalue weighted by Gasteiger charge is 2.20. The van der Waals surface area contributed by atoms with Crippen LogP contribution < -0.4 is 0 Å². The summed E-state index contributed by atoms with van der Waals surface area (Å²) in [5.41, 5.74) is 2.21. The van der Waals surface area contributed by atoms with E-state index in [0.29, 0.717) is 31.0 Å². The van der Waals surface area contributed by atoms with E-state index in [1.807, 2.05) is 31.2 Å². The highest BCUT2D eigenvalue weighted by atomic mass is 32.1. The molecule has 27 heavy (non-hydrogen) atoms. The molecular weight excluding hydrogens is 360 g/mol. The summed E-state index contributed by atoms with van der Waals surface area (Å²) in [6.45, 7) is 11.6.